The normalized spacial score (nSPS) is 9.26. The van der Waals surface area contributed by atoms with Gasteiger partial charge in [0, 0.05) is 26.8 Å². The van der Waals surface area contributed by atoms with Crippen molar-refractivity contribution in [3.8, 4) is 0 Å². The summed E-state index contributed by atoms with van der Waals surface area (Å²) in [6, 6.07) is 16.2. The zero-order valence-corrected chi connectivity index (χ0v) is 12.9. The van der Waals surface area contributed by atoms with Crippen LogP contribution >= 0.6 is 0 Å². The van der Waals surface area contributed by atoms with E-state index in [9.17, 15) is 9.59 Å². The van der Waals surface area contributed by atoms with Crippen LogP contribution in [0.1, 0.15) is 20.7 Å². The molecule has 19 heavy (non-hydrogen) atoms. The molecule has 0 fully saturated rings. The van der Waals surface area contributed by atoms with Crippen molar-refractivity contribution in [1.82, 2.24) is 0 Å². The average Bonchev–Trinajstić information content (AvgIpc) is 2.40. The number of nitrogens with one attached hydrogen (secondary N) is 1. The van der Waals surface area contributed by atoms with E-state index < -0.39 is 5.91 Å². The van der Waals surface area contributed by atoms with Crippen LogP contribution in [-0.4, -0.2) is 11.8 Å². The third-order valence-corrected chi connectivity index (χ3v) is 2.39. The van der Waals surface area contributed by atoms with Crippen LogP contribution in [0.4, 0.5) is 5.69 Å². The minimum atomic E-state index is -0.581. The second-order valence-corrected chi connectivity index (χ2v) is 3.64. The molecule has 2 rings (SSSR count). The Balaban J connectivity index is 0.00000180. The molecule has 2 aromatic rings. The van der Waals surface area contributed by atoms with E-state index in [1.54, 1.807) is 48.5 Å². The number of para-hydroxylation sites is 1. The molecular formula is C14H11N2O2W-. The molecule has 0 aliphatic carbocycles. The maximum atomic E-state index is 11.9. The summed E-state index contributed by atoms with van der Waals surface area (Å²) in [7, 11) is 0. The summed E-state index contributed by atoms with van der Waals surface area (Å²) in [5, 5.41) is 2.64. The first kappa shape index (κ1) is 15.1. The predicted molar refractivity (Wildman–Crippen MR) is 68.2 cm³/mol. The third-order valence-electron chi connectivity index (χ3n) is 2.39. The van der Waals surface area contributed by atoms with Crippen LogP contribution in [0, 0.1) is 6.07 Å². The van der Waals surface area contributed by atoms with Crippen molar-refractivity contribution in [2.45, 2.75) is 0 Å². The second-order valence-electron chi connectivity index (χ2n) is 3.64. The van der Waals surface area contributed by atoms with Gasteiger partial charge in [0.25, 0.3) is 5.91 Å². The molecule has 0 radical (unpaired) electrons. The molecule has 0 unspecified atom stereocenters. The summed E-state index contributed by atoms with van der Waals surface area (Å²) >= 11 is 0. The van der Waals surface area contributed by atoms with Gasteiger partial charge in [-0.1, -0.05) is 17.7 Å². The molecule has 2 aromatic carbocycles. The van der Waals surface area contributed by atoms with Gasteiger partial charge in [0.15, 0.2) is 5.91 Å². The Kier molecular flexibility index (Phi) is 5.46. The van der Waals surface area contributed by atoms with Crippen molar-refractivity contribution in [3.05, 3.63) is 65.7 Å². The van der Waals surface area contributed by atoms with Crippen molar-refractivity contribution < 1.29 is 30.7 Å². The Labute approximate surface area is 125 Å². The first-order valence-corrected chi connectivity index (χ1v) is 5.35. The minimum Gasteiger partial charge on any atom is -0.366 e. The summed E-state index contributed by atoms with van der Waals surface area (Å²) in [4.78, 5) is 23.1. The molecule has 5 heteroatoms. The van der Waals surface area contributed by atoms with Crippen molar-refractivity contribution in [3.63, 3.8) is 0 Å². The van der Waals surface area contributed by atoms with E-state index in [2.05, 4.69) is 11.4 Å². The smallest absolute Gasteiger partial charge is 0.250 e. The number of hydrogen-bond acceptors (Lipinski definition) is 2. The summed E-state index contributed by atoms with van der Waals surface area (Å²) in [6.07, 6.45) is 0. The zero-order valence-electron chi connectivity index (χ0n) is 9.92. The Hall–Kier alpha value is -1.93. The third kappa shape index (κ3) is 3.76. The van der Waals surface area contributed by atoms with Gasteiger partial charge < -0.3 is 15.8 Å². The average molecular weight is 423 g/mol. The predicted octanol–water partition coefficient (Wildman–Crippen LogP) is 1.84. The fraction of sp³-hybridized carbons (Fsp3) is 0. The number of rotatable bonds is 3. The first-order valence-electron chi connectivity index (χ1n) is 5.35. The van der Waals surface area contributed by atoms with Gasteiger partial charge in [-0.2, -0.15) is 0 Å². The number of carbonyl (C=O) groups is 2. The number of nitrogens with two attached hydrogens (primary N) is 1. The van der Waals surface area contributed by atoms with E-state index >= 15 is 0 Å². The van der Waals surface area contributed by atoms with Gasteiger partial charge in [-0.15, -0.1) is 30.3 Å². The number of amides is 2. The van der Waals surface area contributed by atoms with Gasteiger partial charge in [0.05, 0.1) is 5.56 Å². The molecular weight excluding hydrogens is 412 g/mol. The van der Waals surface area contributed by atoms with Crippen LogP contribution in [0.2, 0.25) is 0 Å². The summed E-state index contributed by atoms with van der Waals surface area (Å²) < 4.78 is 0. The van der Waals surface area contributed by atoms with Crippen LogP contribution < -0.4 is 11.1 Å². The number of primary amides is 1. The summed E-state index contributed by atoms with van der Waals surface area (Å²) in [5.74, 6) is -0.910. The van der Waals surface area contributed by atoms with Gasteiger partial charge in [0.2, 0.25) is 0 Å². The van der Waals surface area contributed by atoms with E-state index in [1.807, 2.05) is 0 Å². The SMILES string of the molecule is NC(=O)c1ccccc1NC(=O)c1[c-]cccc1.[W]. The fourth-order valence-corrected chi connectivity index (χ4v) is 1.53. The van der Waals surface area contributed by atoms with Gasteiger partial charge in [-0.3, -0.25) is 4.79 Å². The Bertz CT molecular complexity index is 585. The summed E-state index contributed by atoms with van der Waals surface area (Å²) in [5.41, 5.74) is 6.31. The van der Waals surface area contributed by atoms with Crippen LogP contribution in [0.5, 0.6) is 0 Å². The molecule has 0 bridgehead atoms. The van der Waals surface area contributed by atoms with Crippen LogP contribution in [0.3, 0.4) is 0 Å². The molecule has 0 aliphatic heterocycles. The molecule has 0 aliphatic rings. The topological polar surface area (TPSA) is 72.2 Å². The number of anilines is 1. The first-order chi connectivity index (χ1) is 8.68. The number of hydrogen-bond donors (Lipinski definition) is 2. The maximum absolute atomic E-state index is 11.9. The van der Waals surface area contributed by atoms with Crippen molar-refractivity contribution in [2.75, 3.05) is 5.32 Å². The zero-order chi connectivity index (χ0) is 13.0. The molecule has 0 saturated heterocycles. The Morgan fingerprint density at radius 2 is 1.74 bits per heavy atom. The Morgan fingerprint density at radius 3 is 2.37 bits per heavy atom. The molecule has 96 valence electrons. The van der Waals surface area contributed by atoms with Crippen LogP contribution in [0.15, 0.2) is 48.5 Å². The Morgan fingerprint density at radius 1 is 1.05 bits per heavy atom. The quantitative estimate of drug-likeness (QED) is 0.740. The van der Waals surface area contributed by atoms with E-state index in [0.717, 1.165) is 0 Å². The van der Waals surface area contributed by atoms with Crippen molar-refractivity contribution in [2.24, 2.45) is 5.73 Å². The molecule has 0 saturated carbocycles. The largest absolute Gasteiger partial charge is 0.366 e. The van der Waals surface area contributed by atoms with Gasteiger partial charge in [-0.05, 0) is 12.1 Å². The van der Waals surface area contributed by atoms with Gasteiger partial charge >= 0.3 is 0 Å². The van der Waals surface area contributed by atoms with Gasteiger partial charge in [0.1, 0.15) is 0 Å². The van der Waals surface area contributed by atoms with E-state index in [1.165, 1.54) is 0 Å². The molecule has 0 aromatic heterocycles. The molecule has 0 atom stereocenters. The van der Waals surface area contributed by atoms with E-state index in [-0.39, 0.29) is 32.5 Å². The van der Waals surface area contributed by atoms with E-state index in [4.69, 9.17) is 5.73 Å². The van der Waals surface area contributed by atoms with Crippen LogP contribution in [0.25, 0.3) is 0 Å². The monoisotopic (exact) mass is 423 g/mol. The fourth-order valence-electron chi connectivity index (χ4n) is 1.53. The van der Waals surface area contributed by atoms with Crippen molar-refractivity contribution in [1.29, 1.82) is 0 Å². The maximum Gasteiger partial charge on any atom is 0.250 e. The molecule has 3 N–H and O–H groups in total. The molecule has 0 heterocycles. The van der Waals surface area contributed by atoms with Gasteiger partial charge in [-0.25, -0.2) is 0 Å². The molecule has 2 amide bonds. The molecule has 4 nitrogen and oxygen atoms in total. The summed E-state index contributed by atoms with van der Waals surface area (Å²) in [6.45, 7) is 0. The van der Waals surface area contributed by atoms with E-state index in [0.29, 0.717) is 11.3 Å². The van der Waals surface area contributed by atoms with Crippen molar-refractivity contribution >= 4 is 17.5 Å². The number of carbonyl (C=O) groups excluding carboxylic acids is 2. The molecule has 0 spiro atoms. The van der Waals surface area contributed by atoms with Crippen LogP contribution in [-0.2, 0) is 21.1 Å². The number of benzene rings is 2. The minimum absolute atomic E-state index is 0. The second kappa shape index (κ2) is 6.86. The standard InChI is InChI=1S/C14H11N2O2.W/c15-13(17)11-8-4-5-9-12(11)16-14(18)10-6-2-1-3-7-10;/h1-6,8-9H,(H2,15,17)(H,16,18);/q-1;.